The van der Waals surface area contributed by atoms with Gasteiger partial charge in [0.05, 0.1) is 10.4 Å². The molecule has 0 unspecified atom stereocenters. The molecule has 0 fully saturated rings. The van der Waals surface area contributed by atoms with Gasteiger partial charge in [-0.25, -0.2) is 9.78 Å². The van der Waals surface area contributed by atoms with Crippen LogP contribution in [0, 0.1) is 10.1 Å². The second-order valence-electron chi connectivity index (χ2n) is 4.70. The van der Waals surface area contributed by atoms with Crippen LogP contribution in [0.3, 0.4) is 0 Å². The van der Waals surface area contributed by atoms with Crippen molar-refractivity contribution in [2.24, 2.45) is 0 Å². The molecule has 1 heterocycles. The molecule has 0 saturated heterocycles. The molecular weight excluding hydrogens is 300 g/mol. The third-order valence-corrected chi connectivity index (χ3v) is 3.12. The molecular formula is C15H12N4O4. The molecule has 2 N–H and O–H groups in total. The molecule has 0 aliphatic carbocycles. The highest BCUT2D eigenvalue weighted by Gasteiger charge is 2.16. The van der Waals surface area contributed by atoms with E-state index in [-0.39, 0.29) is 23.8 Å². The number of hydrogen-bond donors (Lipinski definition) is 2. The number of anilines is 1. The van der Waals surface area contributed by atoms with Crippen molar-refractivity contribution in [3.05, 3.63) is 64.2 Å². The zero-order chi connectivity index (χ0) is 16.2. The second-order valence-corrected chi connectivity index (χ2v) is 4.70. The average Bonchev–Trinajstić information content (AvgIpc) is 2.95. The Morgan fingerprint density at radius 1 is 1.22 bits per heavy atom. The number of hydrogen-bond acceptors (Lipinski definition) is 5. The highest BCUT2D eigenvalue weighted by atomic mass is 16.6. The number of nitrogens with one attached hydrogen (secondary N) is 2. The summed E-state index contributed by atoms with van der Waals surface area (Å²) in [5, 5.41) is 13.4. The summed E-state index contributed by atoms with van der Waals surface area (Å²) in [6.45, 7) is 0.118. The Hall–Kier alpha value is -3.42. The number of rotatable bonds is 4. The number of benzene rings is 2. The number of carbonyl (C=O) groups is 1. The molecule has 3 rings (SSSR count). The third-order valence-electron chi connectivity index (χ3n) is 3.12. The molecule has 2 aromatic carbocycles. The molecule has 0 aliphatic heterocycles. The predicted octanol–water partition coefficient (Wildman–Crippen LogP) is 3.22. The van der Waals surface area contributed by atoms with Gasteiger partial charge in [0.15, 0.2) is 5.52 Å². The van der Waals surface area contributed by atoms with Crippen LogP contribution in [0.25, 0.3) is 11.0 Å². The molecule has 1 amide bonds. The quantitative estimate of drug-likeness (QED) is 0.567. The molecule has 0 aliphatic rings. The van der Waals surface area contributed by atoms with E-state index in [4.69, 9.17) is 4.74 Å². The van der Waals surface area contributed by atoms with Crippen LogP contribution in [0.15, 0.2) is 48.5 Å². The third kappa shape index (κ3) is 3.26. The molecule has 0 bridgehead atoms. The predicted molar refractivity (Wildman–Crippen MR) is 83.0 cm³/mol. The number of nitro groups is 1. The van der Waals surface area contributed by atoms with Gasteiger partial charge in [-0.05, 0) is 11.6 Å². The smallest absolute Gasteiger partial charge is 0.414 e. The maximum Gasteiger partial charge on any atom is 0.414 e. The molecule has 3 aromatic rings. The lowest BCUT2D eigenvalue weighted by atomic mass is 10.2. The largest absolute Gasteiger partial charge is 0.444 e. The standard InChI is InChI=1S/C15H12N4O4/c20-15(23-9-10-5-2-1-3-6-10)18-14-16-11-7-4-8-12(19(21)22)13(11)17-14/h1-8H,9H2,(H2,16,17,18,20). The fraction of sp³-hybridized carbons (Fsp3) is 0.0667. The van der Waals surface area contributed by atoms with E-state index in [1.165, 1.54) is 12.1 Å². The van der Waals surface area contributed by atoms with E-state index >= 15 is 0 Å². The van der Waals surface area contributed by atoms with Crippen molar-refractivity contribution in [2.75, 3.05) is 5.32 Å². The Morgan fingerprint density at radius 2 is 2.00 bits per heavy atom. The molecule has 0 atom stereocenters. The summed E-state index contributed by atoms with van der Waals surface area (Å²) >= 11 is 0. The number of fused-ring (bicyclic) bond motifs is 1. The maximum absolute atomic E-state index is 11.8. The van der Waals surface area contributed by atoms with Gasteiger partial charge in [-0.3, -0.25) is 15.4 Å². The second kappa shape index (κ2) is 6.14. The fourth-order valence-electron chi connectivity index (χ4n) is 2.08. The molecule has 0 saturated carbocycles. The lowest BCUT2D eigenvalue weighted by Gasteiger charge is -2.04. The summed E-state index contributed by atoms with van der Waals surface area (Å²) in [6.07, 6.45) is -0.699. The van der Waals surface area contributed by atoms with Crippen LogP contribution in [0.4, 0.5) is 16.4 Å². The van der Waals surface area contributed by atoms with Crippen molar-refractivity contribution < 1.29 is 14.5 Å². The Labute approximate surface area is 130 Å². The van der Waals surface area contributed by atoms with Gasteiger partial charge in [0.25, 0.3) is 5.69 Å². The molecule has 0 radical (unpaired) electrons. The van der Waals surface area contributed by atoms with Gasteiger partial charge in [0.1, 0.15) is 6.61 Å². The first-order valence-electron chi connectivity index (χ1n) is 6.74. The number of non-ortho nitro benzene ring substituents is 1. The molecule has 116 valence electrons. The minimum atomic E-state index is -0.699. The summed E-state index contributed by atoms with van der Waals surface area (Å²) in [7, 11) is 0. The Bertz CT molecular complexity index is 860. The van der Waals surface area contributed by atoms with E-state index in [1.54, 1.807) is 6.07 Å². The molecule has 8 heteroatoms. The van der Waals surface area contributed by atoms with Crippen LogP contribution in [0.1, 0.15) is 5.56 Å². The number of nitrogens with zero attached hydrogens (tertiary/aromatic N) is 2. The highest BCUT2D eigenvalue weighted by Crippen LogP contribution is 2.24. The summed E-state index contributed by atoms with van der Waals surface area (Å²) < 4.78 is 5.06. The van der Waals surface area contributed by atoms with Gasteiger partial charge in [-0.1, -0.05) is 36.4 Å². The first-order valence-corrected chi connectivity index (χ1v) is 6.74. The first-order chi connectivity index (χ1) is 11.1. The molecule has 23 heavy (non-hydrogen) atoms. The van der Waals surface area contributed by atoms with Gasteiger partial charge in [-0.2, -0.15) is 0 Å². The minimum absolute atomic E-state index is 0.0901. The minimum Gasteiger partial charge on any atom is -0.444 e. The van der Waals surface area contributed by atoms with Crippen LogP contribution >= 0.6 is 0 Å². The zero-order valence-electron chi connectivity index (χ0n) is 11.9. The molecule has 1 aromatic heterocycles. The van der Waals surface area contributed by atoms with Crippen LogP contribution in [-0.4, -0.2) is 21.0 Å². The van der Waals surface area contributed by atoms with Gasteiger partial charge in [0.2, 0.25) is 5.95 Å². The summed E-state index contributed by atoms with van der Waals surface area (Å²) in [4.78, 5) is 29.0. The van der Waals surface area contributed by atoms with E-state index < -0.39 is 11.0 Å². The normalized spacial score (nSPS) is 10.4. The highest BCUT2D eigenvalue weighted by molar-refractivity contribution is 5.90. The number of amides is 1. The monoisotopic (exact) mass is 312 g/mol. The SMILES string of the molecule is O=C(Nc1nc2c([N+](=O)[O-])cccc2[nH]1)OCc1ccccc1. The maximum atomic E-state index is 11.8. The van der Waals surface area contributed by atoms with Crippen molar-refractivity contribution in [1.29, 1.82) is 0 Å². The summed E-state index contributed by atoms with van der Waals surface area (Å²) in [5.74, 6) is 0.0901. The number of aromatic nitrogens is 2. The topological polar surface area (TPSA) is 110 Å². The number of H-pyrrole nitrogens is 1. The first kappa shape index (κ1) is 14.5. The lowest BCUT2D eigenvalue weighted by molar-refractivity contribution is -0.383. The van der Waals surface area contributed by atoms with E-state index in [2.05, 4.69) is 15.3 Å². The van der Waals surface area contributed by atoms with Crippen LogP contribution in [-0.2, 0) is 11.3 Å². The fourth-order valence-corrected chi connectivity index (χ4v) is 2.08. The molecule has 0 spiro atoms. The number of ether oxygens (including phenoxy) is 1. The Balaban J connectivity index is 1.70. The van der Waals surface area contributed by atoms with Crippen molar-refractivity contribution >= 4 is 28.8 Å². The number of carbonyl (C=O) groups excluding carboxylic acids is 1. The van der Waals surface area contributed by atoms with Crippen molar-refractivity contribution in [3.63, 3.8) is 0 Å². The number of aromatic amines is 1. The Kier molecular flexibility index (Phi) is 3.88. The number of imidazole rings is 1. The lowest BCUT2D eigenvalue weighted by Crippen LogP contribution is -2.14. The Morgan fingerprint density at radius 3 is 2.74 bits per heavy atom. The van der Waals surface area contributed by atoms with E-state index in [9.17, 15) is 14.9 Å². The summed E-state index contributed by atoms with van der Waals surface area (Å²) in [5.41, 5.74) is 1.35. The number of nitro benzene ring substituents is 1. The van der Waals surface area contributed by atoms with Crippen LogP contribution in [0.2, 0.25) is 0 Å². The van der Waals surface area contributed by atoms with E-state index in [0.29, 0.717) is 5.52 Å². The van der Waals surface area contributed by atoms with Gasteiger partial charge in [0, 0.05) is 6.07 Å². The zero-order valence-corrected chi connectivity index (χ0v) is 11.9. The van der Waals surface area contributed by atoms with Gasteiger partial charge >= 0.3 is 6.09 Å². The summed E-state index contributed by atoms with van der Waals surface area (Å²) in [6, 6.07) is 13.7. The van der Waals surface area contributed by atoms with E-state index in [0.717, 1.165) is 5.56 Å². The van der Waals surface area contributed by atoms with Crippen molar-refractivity contribution in [3.8, 4) is 0 Å². The number of para-hydroxylation sites is 1. The molecule has 8 nitrogen and oxygen atoms in total. The average molecular weight is 312 g/mol. The van der Waals surface area contributed by atoms with Crippen molar-refractivity contribution in [1.82, 2.24) is 9.97 Å². The van der Waals surface area contributed by atoms with Gasteiger partial charge in [-0.15, -0.1) is 0 Å². The van der Waals surface area contributed by atoms with Crippen LogP contribution < -0.4 is 5.32 Å². The van der Waals surface area contributed by atoms with Crippen LogP contribution in [0.5, 0.6) is 0 Å². The van der Waals surface area contributed by atoms with E-state index in [1.807, 2.05) is 30.3 Å². The van der Waals surface area contributed by atoms with Crippen molar-refractivity contribution in [2.45, 2.75) is 6.61 Å². The van der Waals surface area contributed by atoms with Gasteiger partial charge < -0.3 is 9.72 Å².